The lowest BCUT2D eigenvalue weighted by atomic mass is 10.0. The molecule has 0 spiro atoms. The van der Waals surface area contributed by atoms with Crippen LogP contribution in [0.1, 0.15) is 258 Å². The molecule has 0 aliphatic rings. The number of hydrogen-bond donors (Lipinski definition) is 0. The van der Waals surface area contributed by atoms with Crippen LogP contribution in [0.5, 0.6) is 0 Å². The second kappa shape index (κ2) is 54.2. The topological polar surface area (TPSA) is 78.9 Å². The molecular weight excluding hydrogens is 817 g/mol. The van der Waals surface area contributed by atoms with Crippen LogP contribution in [-0.2, 0) is 28.6 Å². The van der Waals surface area contributed by atoms with E-state index in [0.717, 1.165) is 109 Å². The van der Waals surface area contributed by atoms with Gasteiger partial charge in [-0.3, -0.25) is 14.4 Å². The Morgan fingerprint density at radius 2 is 0.591 bits per heavy atom. The summed E-state index contributed by atoms with van der Waals surface area (Å²) in [4.78, 5) is 37.5. The monoisotopic (exact) mass is 919 g/mol. The van der Waals surface area contributed by atoms with Gasteiger partial charge in [-0.25, -0.2) is 0 Å². The minimum Gasteiger partial charge on any atom is -0.462 e. The molecule has 6 nitrogen and oxygen atoms in total. The molecule has 0 aromatic carbocycles. The molecule has 0 amide bonds. The normalized spacial score (nSPS) is 12.7. The zero-order valence-corrected chi connectivity index (χ0v) is 43.2. The first kappa shape index (κ1) is 62.6. The smallest absolute Gasteiger partial charge is 0.306 e. The van der Waals surface area contributed by atoms with Crippen LogP contribution in [0.2, 0.25) is 0 Å². The van der Waals surface area contributed by atoms with Crippen LogP contribution < -0.4 is 0 Å². The second-order valence-corrected chi connectivity index (χ2v) is 18.1. The molecule has 0 saturated heterocycles. The average molecular weight is 919 g/mol. The van der Waals surface area contributed by atoms with Gasteiger partial charge in [0.05, 0.1) is 0 Å². The molecule has 0 aliphatic heterocycles. The van der Waals surface area contributed by atoms with Gasteiger partial charge in [-0.15, -0.1) is 0 Å². The standard InChI is InChI=1S/C60H102O6/c1-4-7-10-13-15-17-18-19-20-21-22-23-24-25-26-27-28-29-30-31-32-33-34-35-36-37-38-39-40-41-42-43-45-47-50-53-59(62)65-56-57(55-64-58(61)52-49-46-12-9-6-3)66-60(63)54-51-48-44-16-14-11-8-5-2/h7,10,15,17,19-20,22-23,25-26,28-29,31-32,57H,4-6,8-9,11-14,16,18,21,24,27,30,33-56H2,1-3H3/b10-7-,17-15-,20-19-,23-22-,26-25-,29-28-,32-31-. The molecule has 0 saturated carbocycles. The highest BCUT2D eigenvalue weighted by atomic mass is 16.6. The first-order chi connectivity index (χ1) is 32.5. The van der Waals surface area contributed by atoms with Crippen LogP contribution in [0.25, 0.3) is 0 Å². The van der Waals surface area contributed by atoms with Gasteiger partial charge in [-0.05, 0) is 77.0 Å². The van der Waals surface area contributed by atoms with E-state index in [1.165, 1.54) is 109 Å². The summed E-state index contributed by atoms with van der Waals surface area (Å²) in [6.45, 7) is 6.40. The van der Waals surface area contributed by atoms with Crippen molar-refractivity contribution in [3.8, 4) is 0 Å². The van der Waals surface area contributed by atoms with Crippen LogP contribution in [0.3, 0.4) is 0 Å². The lowest BCUT2D eigenvalue weighted by molar-refractivity contribution is -0.167. The van der Waals surface area contributed by atoms with Gasteiger partial charge in [-0.2, -0.15) is 0 Å². The number of carbonyl (C=O) groups is 3. The minimum atomic E-state index is -0.766. The molecule has 0 rings (SSSR count). The van der Waals surface area contributed by atoms with Gasteiger partial charge in [0, 0.05) is 19.3 Å². The molecule has 378 valence electrons. The van der Waals surface area contributed by atoms with Gasteiger partial charge in [-0.1, -0.05) is 247 Å². The SMILES string of the molecule is CC/C=C\C/C=C\C/C=C\C/C=C\C/C=C\C/C=C\C/C=C\CCCCCCCCCCCCCCCC(=O)OCC(COC(=O)CCCCCCC)OC(=O)CCCCCCCCCC. The molecular formula is C60H102O6. The fraction of sp³-hybridized carbons (Fsp3) is 0.717. The van der Waals surface area contributed by atoms with Crippen LogP contribution in [-0.4, -0.2) is 37.2 Å². The fourth-order valence-electron chi connectivity index (χ4n) is 7.54. The number of unbranched alkanes of at least 4 members (excludes halogenated alkanes) is 24. The van der Waals surface area contributed by atoms with E-state index in [9.17, 15) is 14.4 Å². The Bertz CT molecular complexity index is 1290. The molecule has 0 bridgehead atoms. The molecule has 1 unspecified atom stereocenters. The van der Waals surface area contributed by atoms with Crippen molar-refractivity contribution < 1.29 is 28.6 Å². The third-order valence-electron chi connectivity index (χ3n) is 11.7. The summed E-state index contributed by atoms with van der Waals surface area (Å²) in [7, 11) is 0. The highest BCUT2D eigenvalue weighted by molar-refractivity contribution is 5.71. The fourth-order valence-corrected chi connectivity index (χ4v) is 7.54. The molecule has 0 radical (unpaired) electrons. The Kier molecular flexibility index (Phi) is 51.4. The van der Waals surface area contributed by atoms with Gasteiger partial charge >= 0.3 is 17.9 Å². The van der Waals surface area contributed by atoms with E-state index < -0.39 is 6.10 Å². The maximum Gasteiger partial charge on any atom is 0.306 e. The lowest BCUT2D eigenvalue weighted by Crippen LogP contribution is -2.30. The predicted octanol–water partition coefficient (Wildman–Crippen LogP) is 18.4. The Hall–Kier alpha value is -3.41. The number of carbonyl (C=O) groups excluding carboxylic acids is 3. The maximum atomic E-state index is 12.6. The Morgan fingerprint density at radius 3 is 0.924 bits per heavy atom. The maximum absolute atomic E-state index is 12.6. The molecule has 0 aliphatic carbocycles. The van der Waals surface area contributed by atoms with Crippen LogP contribution in [0, 0.1) is 0 Å². The third kappa shape index (κ3) is 51.6. The van der Waals surface area contributed by atoms with Gasteiger partial charge in [0.2, 0.25) is 0 Å². The Labute approximate surface area is 407 Å². The van der Waals surface area contributed by atoms with Gasteiger partial charge in [0.1, 0.15) is 13.2 Å². The largest absolute Gasteiger partial charge is 0.462 e. The number of allylic oxidation sites excluding steroid dienone is 14. The quantitative estimate of drug-likeness (QED) is 0.0262. The van der Waals surface area contributed by atoms with Gasteiger partial charge in [0.15, 0.2) is 6.10 Å². The number of rotatable bonds is 49. The third-order valence-corrected chi connectivity index (χ3v) is 11.7. The van der Waals surface area contributed by atoms with E-state index in [2.05, 4.69) is 106 Å². The van der Waals surface area contributed by atoms with E-state index in [1.54, 1.807) is 0 Å². The van der Waals surface area contributed by atoms with Crippen LogP contribution in [0.15, 0.2) is 85.1 Å². The van der Waals surface area contributed by atoms with E-state index in [0.29, 0.717) is 19.3 Å². The predicted molar refractivity (Wildman–Crippen MR) is 284 cm³/mol. The van der Waals surface area contributed by atoms with E-state index in [4.69, 9.17) is 14.2 Å². The van der Waals surface area contributed by atoms with Crippen molar-refractivity contribution in [2.75, 3.05) is 13.2 Å². The molecule has 0 aromatic heterocycles. The summed E-state index contributed by atoms with van der Waals surface area (Å²) in [5, 5.41) is 0. The lowest BCUT2D eigenvalue weighted by Gasteiger charge is -2.18. The number of hydrogen-bond acceptors (Lipinski definition) is 6. The summed E-state index contributed by atoms with van der Waals surface area (Å²) in [5.74, 6) is -0.892. The molecule has 66 heavy (non-hydrogen) atoms. The molecule has 1 atom stereocenters. The van der Waals surface area contributed by atoms with Crippen molar-refractivity contribution in [2.45, 2.75) is 264 Å². The number of ether oxygens (including phenoxy) is 3. The highest BCUT2D eigenvalue weighted by Crippen LogP contribution is 2.15. The van der Waals surface area contributed by atoms with Crippen LogP contribution in [0.4, 0.5) is 0 Å². The van der Waals surface area contributed by atoms with E-state index in [-0.39, 0.29) is 31.1 Å². The molecule has 0 N–H and O–H groups in total. The van der Waals surface area contributed by atoms with Crippen molar-refractivity contribution in [2.24, 2.45) is 0 Å². The summed E-state index contributed by atoms with van der Waals surface area (Å²) in [6.07, 6.45) is 70.8. The van der Waals surface area contributed by atoms with E-state index >= 15 is 0 Å². The summed E-state index contributed by atoms with van der Waals surface area (Å²) in [5.41, 5.74) is 0. The van der Waals surface area contributed by atoms with Crippen molar-refractivity contribution in [1.82, 2.24) is 0 Å². The summed E-state index contributed by atoms with van der Waals surface area (Å²) >= 11 is 0. The van der Waals surface area contributed by atoms with Crippen molar-refractivity contribution in [3.05, 3.63) is 85.1 Å². The van der Waals surface area contributed by atoms with Crippen molar-refractivity contribution in [3.63, 3.8) is 0 Å². The zero-order valence-electron chi connectivity index (χ0n) is 43.2. The zero-order chi connectivity index (χ0) is 47.9. The minimum absolute atomic E-state index is 0.0740. The van der Waals surface area contributed by atoms with Crippen LogP contribution >= 0.6 is 0 Å². The van der Waals surface area contributed by atoms with Crippen molar-refractivity contribution >= 4 is 17.9 Å². The summed E-state index contributed by atoms with van der Waals surface area (Å²) < 4.78 is 16.6. The number of esters is 3. The molecule has 0 aromatic rings. The molecule has 0 heterocycles. The highest BCUT2D eigenvalue weighted by Gasteiger charge is 2.19. The van der Waals surface area contributed by atoms with E-state index in [1.807, 2.05) is 0 Å². The Balaban J connectivity index is 3.88. The van der Waals surface area contributed by atoms with Gasteiger partial charge in [0.25, 0.3) is 0 Å². The summed E-state index contributed by atoms with van der Waals surface area (Å²) in [6, 6.07) is 0. The average Bonchev–Trinajstić information content (AvgIpc) is 3.31. The first-order valence-electron chi connectivity index (χ1n) is 27.6. The molecule has 0 fully saturated rings. The molecule has 6 heteroatoms. The second-order valence-electron chi connectivity index (χ2n) is 18.1. The van der Waals surface area contributed by atoms with Gasteiger partial charge < -0.3 is 14.2 Å². The first-order valence-corrected chi connectivity index (χ1v) is 27.6. The Morgan fingerprint density at radius 1 is 0.318 bits per heavy atom. The van der Waals surface area contributed by atoms with Crippen molar-refractivity contribution in [1.29, 1.82) is 0 Å².